The van der Waals surface area contributed by atoms with Crippen molar-refractivity contribution in [3.63, 3.8) is 0 Å². The summed E-state index contributed by atoms with van der Waals surface area (Å²) in [7, 11) is 0. The summed E-state index contributed by atoms with van der Waals surface area (Å²) in [5, 5.41) is 0. The Labute approximate surface area is 91.4 Å². The van der Waals surface area contributed by atoms with Gasteiger partial charge in [-0.15, -0.1) is 0 Å². The van der Waals surface area contributed by atoms with Crippen LogP contribution < -0.4 is 10.5 Å². The third kappa shape index (κ3) is 3.64. The first kappa shape index (κ1) is 11.5. The molecule has 1 rings (SSSR count). The zero-order valence-corrected chi connectivity index (χ0v) is 9.55. The molecule has 2 N–H and O–H groups in total. The van der Waals surface area contributed by atoms with Crippen LogP contribution in [0.15, 0.2) is 22.7 Å². The average Bonchev–Trinajstić information content (AvgIpc) is 2.12. The van der Waals surface area contributed by atoms with Crippen molar-refractivity contribution < 1.29 is 9.13 Å². The van der Waals surface area contributed by atoms with E-state index in [1.807, 2.05) is 6.92 Å². The molecule has 1 aromatic carbocycles. The molecule has 0 aliphatic heterocycles. The van der Waals surface area contributed by atoms with Crippen molar-refractivity contribution in [1.82, 2.24) is 0 Å². The van der Waals surface area contributed by atoms with Crippen molar-refractivity contribution in [2.45, 2.75) is 6.92 Å². The van der Waals surface area contributed by atoms with E-state index in [9.17, 15) is 4.39 Å². The smallest absolute Gasteiger partial charge is 0.128 e. The summed E-state index contributed by atoms with van der Waals surface area (Å²) < 4.78 is 18.9. The average molecular weight is 262 g/mol. The first-order valence-corrected chi connectivity index (χ1v) is 5.20. The van der Waals surface area contributed by atoms with E-state index in [1.165, 1.54) is 12.1 Å². The molecular formula is C10H13BrFNO. The molecule has 78 valence electrons. The molecule has 0 spiro atoms. The molecule has 0 saturated carbocycles. The molecule has 1 aromatic rings. The van der Waals surface area contributed by atoms with Gasteiger partial charge in [0, 0.05) is 16.5 Å². The van der Waals surface area contributed by atoms with Crippen LogP contribution in [-0.2, 0) is 0 Å². The summed E-state index contributed by atoms with van der Waals surface area (Å²) in [4.78, 5) is 0. The Morgan fingerprint density at radius 3 is 2.79 bits per heavy atom. The van der Waals surface area contributed by atoms with Crippen LogP contribution in [0.3, 0.4) is 0 Å². The quantitative estimate of drug-likeness (QED) is 0.905. The second-order valence-electron chi connectivity index (χ2n) is 3.26. The zero-order valence-electron chi connectivity index (χ0n) is 7.97. The number of hydrogen-bond acceptors (Lipinski definition) is 2. The van der Waals surface area contributed by atoms with Gasteiger partial charge in [0.05, 0.1) is 6.61 Å². The zero-order chi connectivity index (χ0) is 10.6. The summed E-state index contributed by atoms with van der Waals surface area (Å²) in [5.74, 6) is 0.490. The highest BCUT2D eigenvalue weighted by Gasteiger charge is 2.03. The molecule has 1 atom stereocenters. The van der Waals surface area contributed by atoms with Crippen molar-refractivity contribution in [3.8, 4) is 5.75 Å². The van der Waals surface area contributed by atoms with Crippen LogP contribution in [-0.4, -0.2) is 13.2 Å². The van der Waals surface area contributed by atoms with Crippen LogP contribution in [0.5, 0.6) is 5.75 Å². The van der Waals surface area contributed by atoms with Crippen LogP contribution in [0.25, 0.3) is 0 Å². The van der Waals surface area contributed by atoms with Crippen molar-refractivity contribution in [1.29, 1.82) is 0 Å². The number of hydrogen-bond donors (Lipinski definition) is 1. The van der Waals surface area contributed by atoms with E-state index >= 15 is 0 Å². The van der Waals surface area contributed by atoms with Crippen LogP contribution >= 0.6 is 15.9 Å². The van der Waals surface area contributed by atoms with Gasteiger partial charge in [0.1, 0.15) is 11.6 Å². The maximum absolute atomic E-state index is 12.9. The minimum Gasteiger partial charge on any atom is -0.493 e. The fraction of sp³-hybridized carbons (Fsp3) is 0.400. The fourth-order valence-electron chi connectivity index (χ4n) is 0.918. The van der Waals surface area contributed by atoms with Crippen molar-refractivity contribution >= 4 is 15.9 Å². The molecule has 14 heavy (non-hydrogen) atoms. The van der Waals surface area contributed by atoms with Gasteiger partial charge in [-0.3, -0.25) is 0 Å². The van der Waals surface area contributed by atoms with Crippen LogP contribution in [0, 0.1) is 11.7 Å². The fourth-order valence-corrected chi connectivity index (χ4v) is 1.36. The highest BCUT2D eigenvalue weighted by atomic mass is 79.9. The predicted molar refractivity (Wildman–Crippen MR) is 57.8 cm³/mol. The van der Waals surface area contributed by atoms with E-state index in [0.29, 0.717) is 23.4 Å². The molecule has 0 amide bonds. The normalized spacial score (nSPS) is 12.6. The van der Waals surface area contributed by atoms with Gasteiger partial charge in [0.25, 0.3) is 0 Å². The molecule has 0 fully saturated rings. The highest BCUT2D eigenvalue weighted by Crippen LogP contribution is 2.20. The van der Waals surface area contributed by atoms with E-state index in [2.05, 4.69) is 15.9 Å². The van der Waals surface area contributed by atoms with Crippen LogP contribution in [0.2, 0.25) is 0 Å². The minimum absolute atomic E-state index is 0.275. The van der Waals surface area contributed by atoms with E-state index in [1.54, 1.807) is 6.07 Å². The van der Waals surface area contributed by atoms with E-state index in [-0.39, 0.29) is 11.7 Å². The number of nitrogens with two attached hydrogens (primary N) is 1. The summed E-state index contributed by atoms with van der Waals surface area (Å²) >= 11 is 3.19. The Balaban J connectivity index is 2.58. The number of ether oxygens (including phenoxy) is 1. The van der Waals surface area contributed by atoms with Gasteiger partial charge in [-0.25, -0.2) is 4.39 Å². The lowest BCUT2D eigenvalue weighted by atomic mass is 10.2. The Kier molecular flexibility index (Phi) is 4.35. The number of rotatable bonds is 4. The second-order valence-corrected chi connectivity index (χ2v) is 4.17. The Morgan fingerprint density at radius 2 is 2.21 bits per heavy atom. The number of halogens is 2. The first-order chi connectivity index (χ1) is 6.61. The lowest BCUT2D eigenvalue weighted by Crippen LogP contribution is -2.18. The molecule has 4 heteroatoms. The van der Waals surface area contributed by atoms with Gasteiger partial charge in [-0.1, -0.05) is 22.9 Å². The van der Waals surface area contributed by atoms with Gasteiger partial charge in [0.2, 0.25) is 0 Å². The maximum atomic E-state index is 12.9. The standard InChI is InChI=1S/C10H13BrFNO/c1-7(5-13)6-14-10-3-8(11)2-9(12)4-10/h2-4,7H,5-6,13H2,1H3. The summed E-state index contributed by atoms with van der Waals surface area (Å²) in [6.07, 6.45) is 0. The van der Waals surface area contributed by atoms with E-state index in [0.717, 1.165) is 0 Å². The molecular weight excluding hydrogens is 249 g/mol. The summed E-state index contributed by atoms with van der Waals surface area (Å²) in [5.41, 5.74) is 5.43. The Morgan fingerprint density at radius 1 is 1.50 bits per heavy atom. The molecule has 0 saturated heterocycles. The summed E-state index contributed by atoms with van der Waals surface area (Å²) in [6.45, 7) is 3.05. The van der Waals surface area contributed by atoms with Gasteiger partial charge in [0.15, 0.2) is 0 Å². The molecule has 0 aliphatic carbocycles. The van der Waals surface area contributed by atoms with Gasteiger partial charge in [-0.2, -0.15) is 0 Å². The third-order valence-electron chi connectivity index (χ3n) is 1.77. The van der Waals surface area contributed by atoms with E-state index in [4.69, 9.17) is 10.5 Å². The van der Waals surface area contributed by atoms with E-state index < -0.39 is 0 Å². The maximum Gasteiger partial charge on any atom is 0.128 e. The molecule has 2 nitrogen and oxygen atoms in total. The lowest BCUT2D eigenvalue weighted by Gasteiger charge is -2.10. The molecule has 0 heterocycles. The first-order valence-electron chi connectivity index (χ1n) is 4.40. The van der Waals surface area contributed by atoms with Gasteiger partial charge < -0.3 is 10.5 Å². The second kappa shape index (κ2) is 5.32. The van der Waals surface area contributed by atoms with Gasteiger partial charge in [-0.05, 0) is 18.7 Å². The highest BCUT2D eigenvalue weighted by molar-refractivity contribution is 9.10. The van der Waals surface area contributed by atoms with Crippen molar-refractivity contribution in [2.24, 2.45) is 11.7 Å². The molecule has 0 aromatic heterocycles. The van der Waals surface area contributed by atoms with Crippen LogP contribution in [0.1, 0.15) is 6.92 Å². The van der Waals surface area contributed by atoms with Crippen molar-refractivity contribution in [3.05, 3.63) is 28.5 Å². The molecule has 0 bridgehead atoms. The SMILES string of the molecule is CC(CN)COc1cc(F)cc(Br)c1. The van der Waals surface area contributed by atoms with Crippen molar-refractivity contribution in [2.75, 3.05) is 13.2 Å². The molecule has 1 unspecified atom stereocenters. The van der Waals surface area contributed by atoms with Gasteiger partial charge >= 0.3 is 0 Å². The topological polar surface area (TPSA) is 35.2 Å². The minimum atomic E-state index is -0.310. The Bertz CT molecular complexity index is 286. The predicted octanol–water partition coefficient (Wildman–Crippen LogP) is 2.56. The third-order valence-corrected chi connectivity index (χ3v) is 2.23. The summed E-state index contributed by atoms with van der Waals surface area (Å²) in [6, 6.07) is 4.47. The molecule has 0 aliphatic rings. The Hall–Kier alpha value is -0.610. The largest absolute Gasteiger partial charge is 0.493 e. The molecule has 0 radical (unpaired) electrons. The number of benzene rings is 1. The monoisotopic (exact) mass is 261 g/mol. The van der Waals surface area contributed by atoms with Crippen LogP contribution in [0.4, 0.5) is 4.39 Å². The lowest BCUT2D eigenvalue weighted by molar-refractivity contribution is 0.263.